The number of allylic oxidation sites excluding steroid dienone is 1. The van der Waals surface area contributed by atoms with Gasteiger partial charge in [-0.25, -0.2) is 0 Å². The molecule has 0 saturated heterocycles. The first kappa shape index (κ1) is 8.08. The molecule has 0 fully saturated rings. The van der Waals surface area contributed by atoms with Crippen molar-refractivity contribution in [3.05, 3.63) is 24.7 Å². The molecule has 2 heteroatoms. The normalized spacial score (nSPS) is 11.7. The van der Waals surface area contributed by atoms with Gasteiger partial charge in [0, 0.05) is 11.9 Å². The molecular formula is C7H14N2. The van der Waals surface area contributed by atoms with Crippen LogP contribution in [0, 0.1) is 5.92 Å². The summed E-state index contributed by atoms with van der Waals surface area (Å²) in [4.78, 5) is 0. The largest absolute Gasteiger partial charge is 0.401 e. The number of nitrogens with one attached hydrogen (secondary N) is 1. The maximum absolute atomic E-state index is 5.55. The number of nitrogens with two attached hydrogens (primary N) is 1. The van der Waals surface area contributed by atoms with Crippen molar-refractivity contribution in [2.45, 2.75) is 13.8 Å². The molecule has 0 bridgehead atoms. The van der Waals surface area contributed by atoms with Gasteiger partial charge in [-0.15, -0.1) is 0 Å². The third-order valence-corrected chi connectivity index (χ3v) is 1.03. The van der Waals surface area contributed by atoms with Gasteiger partial charge in [0.1, 0.15) is 0 Å². The maximum Gasteiger partial charge on any atom is 0.0269 e. The zero-order valence-corrected chi connectivity index (χ0v) is 6.02. The van der Waals surface area contributed by atoms with Crippen molar-refractivity contribution in [3.8, 4) is 0 Å². The smallest absolute Gasteiger partial charge is 0.0269 e. The predicted molar refractivity (Wildman–Crippen MR) is 40.4 cm³/mol. The lowest BCUT2D eigenvalue weighted by Crippen LogP contribution is -2.08. The Labute approximate surface area is 56.4 Å². The highest BCUT2D eigenvalue weighted by Crippen LogP contribution is 1.98. The molecule has 0 aliphatic heterocycles. The molecule has 0 atom stereocenters. The van der Waals surface area contributed by atoms with Gasteiger partial charge < -0.3 is 11.1 Å². The summed E-state index contributed by atoms with van der Waals surface area (Å²) in [6, 6.07) is 0. The van der Waals surface area contributed by atoms with Crippen LogP contribution in [0.4, 0.5) is 0 Å². The number of rotatable bonds is 3. The van der Waals surface area contributed by atoms with E-state index in [0.717, 1.165) is 5.70 Å². The van der Waals surface area contributed by atoms with Gasteiger partial charge in [-0.3, -0.25) is 0 Å². The summed E-state index contributed by atoms with van der Waals surface area (Å²) in [5.74, 6) is 0.400. The second kappa shape index (κ2) is 4.01. The number of hydrogen-bond donors (Lipinski definition) is 2. The molecule has 0 aliphatic rings. The SMILES string of the molecule is C=CN/C=C(\N)C(C)C. The summed E-state index contributed by atoms with van der Waals surface area (Å²) in [6.45, 7) is 7.56. The minimum atomic E-state index is 0.400. The number of hydrogen-bond acceptors (Lipinski definition) is 2. The van der Waals surface area contributed by atoms with Crippen LogP contribution in [0.15, 0.2) is 24.7 Å². The minimum absolute atomic E-state index is 0.400. The topological polar surface area (TPSA) is 38.0 Å². The minimum Gasteiger partial charge on any atom is -0.401 e. The van der Waals surface area contributed by atoms with Crippen molar-refractivity contribution >= 4 is 0 Å². The third-order valence-electron chi connectivity index (χ3n) is 1.03. The molecule has 0 rings (SSSR count). The van der Waals surface area contributed by atoms with E-state index >= 15 is 0 Å². The van der Waals surface area contributed by atoms with Gasteiger partial charge >= 0.3 is 0 Å². The van der Waals surface area contributed by atoms with Gasteiger partial charge in [0.05, 0.1) is 0 Å². The van der Waals surface area contributed by atoms with E-state index in [1.54, 1.807) is 12.4 Å². The van der Waals surface area contributed by atoms with E-state index < -0.39 is 0 Å². The molecule has 2 nitrogen and oxygen atoms in total. The van der Waals surface area contributed by atoms with Gasteiger partial charge in [-0.2, -0.15) is 0 Å². The average molecular weight is 126 g/mol. The Kier molecular flexibility index (Phi) is 3.60. The molecule has 0 aliphatic carbocycles. The lowest BCUT2D eigenvalue weighted by molar-refractivity contribution is 0.748. The Bertz CT molecular complexity index is 114. The molecule has 0 aromatic heterocycles. The summed E-state index contributed by atoms with van der Waals surface area (Å²) in [5.41, 5.74) is 6.40. The van der Waals surface area contributed by atoms with Gasteiger partial charge in [0.25, 0.3) is 0 Å². The Morgan fingerprint density at radius 3 is 2.56 bits per heavy atom. The van der Waals surface area contributed by atoms with Crippen molar-refractivity contribution in [2.75, 3.05) is 0 Å². The molecule has 0 saturated carbocycles. The highest BCUT2D eigenvalue weighted by molar-refractivity contribution is 4.99. The van der Waals surface area contributed by atoms with Gasteiger partial charge in [-0.1, -0.05) is 20.4 Å². The third kappa shape index (κ3) is 3.64. The molecule has 0 aromatic rings. The molecule has 0 spiro atoms. The molecule has 0 amide bonds. The van der Waals surface area contributed by atoms with Crippen LogP contribution in [0.25, 0.3) is 0 Å². The average Bonchev–Trinajstić information content (AvgIpc) is 1.82. The fraction of sp³-hybridized carbons (Fsp3) is 0.429. The van der Waals surface area contributed by atoms with Crippen LogP contribution in [-0.4, -0.2) is 0 Å². The Morgan fingerprint density at radius 2 is 2.22 bits per heavy atom. The Morgan fingerprint density at radius 1 is 1.67 bits per heavy atom. The molecule has 0 aromatic carbocycles. The first-order chi connectivity index (χ1) is 4.18. The highest BCUT2D eigenvalue weighted by atomic mass is 14.8. The van der Waals surface area contributed by atoms with E-state index in [1.165, 1.54) is 0 Å². The van der Waals surface area contributed by atoms with Crippen molar-refractivity contribution in [3.63, 3.8) is 0 Å². The zero-order chi connectivity index (χ0) is 7.28. The highest BCUT2D eigenvalue weighted by Gasteiger charge is 1.93. The summed E-state index contributed by atoms with van der Waals surface area (Å²) in [7, 11) is 0. The Hall–Kier alpha value is -0.920. The molecule has 3 N–H and O–H groups in total. The standard InChI is InChI=1S/C7H14N2/c1-4-9-5-7(8)6(2)3/h4-6,9H,1,8H2,2-3H3/b7-5-. The fourth-order valence-corrected chi connectivity index (χ4v) is 0.322. The monoisotopic (exact) mass is 126 g/mol. The summed E-state index contributed by atoms with van der Waals surface area (Å²) in [5, 5.41) is 2.81. The Balaban J connectivity index is 3.68. The van der Waals surface area contributed by atoms with E-state index in [9.17, 15) is 0 Å². The lowest BCUT2D eigenvalue weighted by Gasteiger charge is -2.03. The lowest BCUT2D eigenvalue weighted by atomic mass is 10.2. The molecular weight excluding hydrogens is 112 g/mol. The predicted octanol–water partition coefficient (Wildman–Crippen LogP) is 1.18. The van der Waals surface area contributed by atoms with Crippen LogP contribution in [0.3, 0.4) is 0 Å². The summed E-state index contributed by atoms with van der Waals surface area (Å²) < 4.78 is 0. The van der Waals surface area contributed by atoms with Crippen LogP contribution in [0.1, 0.15) is 13.8 Å². The van der Waals surface area contributed by atoms with Crippen molar-refractivity contribution < 1.29 is 0 Å². The van der Waals surface area contributed by atoms with Crippen LogP contribution < -0.4 is 11.1 Å². The fourth-order valence-electron chi connectivity index (χ4n) is 0.322. The van der Waals surface area contributed by atoms with Crippen LogP contribution in [-0.2, 0) is 0 Å². The van der Waals surface area contributed by atoms with E-state index in [4.69, 9.17) is 5.73 Å². The summed E-state index contributed by atoms with van der Waals surface area (Å²) in [6.07, 6.45) is 3.34. The molecule has 0 heterocycles. The first-order valence-electron chi connectivity index (χ1n) is 3.01. The van der Waals surface area contributed by atoms with E-state index in [2.05, 4.69) is 11.9 Å². The second-order valence-corrected chi connectivity index (χ2v) is 2.17. The second-order valence-electron chi connectivity index (χ2n) is 2.17. The van der Waals surface area contributed by atoms with Crippen molar-refractivity contribution in [1.82, 2.24) is 5.32 Å². The quantitative estimate of drug-likeness (QED) is 0.595. The van der Waals surface area contributed by atoms with Crippen LogP contribution in [0.2, 0.25) is 0 Å². The maximum atomic E-state index is 5.55. The van der Waals surface area contributed by atoms with Crippen molar-refractivity contribution in [2.24, 2.45) is 11.7 Å². The molecule has 52 valence electrons. The van der Waals surface area contributed by atoms with E-state index in [1.807, 2.05) is 13.8 Å². The van der Waals surface area contributed by atoms with E-state index in [-0.39, 0.29) is 0 Å². The van der Waals surface area contributed by atoms with Gasteiger partial charge in [0.15, 0.2) is 0 Å². The van der Waals surface area contributed by atoms with Crippen LogP contribution in [0.5, 0.6) is 0 Å². The zero-order valence-electron chi connectivity index (χ0n) is 6.02. The van der Waals surface area contributed by atoms with Crippen molar-refractivity contribution in [1.29, 1.82) is 0 Å². The van der Waals surface area contributed by atoms with Gasteiger partial charge in [-0.05, 0) is 12.1 Å². The molecule has 9 heavy (non-hydrogen) atoms. The first-order valence-corrected chi connectivity index (χ1v) is 3.01. The summed E-state index contributed by atoms with van der Waals surface area (Å²) >= 11 is 0. The van der Waals surface area contributed by atoms with E-state index in [0.29, 0.717) is 5.92 Å². The van der Waals surface area contributed by atoms with Gasteiger partial charge in [0.2, 0.25) is 0 Å². The molecule has 0 radical (unpaired) electrons. The molecule has 0 unspecified atom stereocenters. The van der Waals surface area contributed by atoms with Crippen LogP contribution >= 0.6 is 0 Å².